The summed E-state index contributed by atoms with van der Waals surface area (Å²) in [6, 6.07) is 4.41. The number of hydrogen-bond acceptors (Lipinski definition) is 7. The molecule has 4 unspecified atom stereocenters. The zero-order valence-corrected chi connectivity index (χ0v) is 20.6. The monoisotopic (exact) mass is 507 g/mol. The van der Waals surface area contributed by atoms with Gasteiger partial charge in [-0.3, -0.25) is 19.2 Å². The topological polar surface area (TPSA) is 214 Å². The minimum atomic E-state index is -1.67. The third-order valence-electron chi connectivity index (χ3n) is 5.46. The first-order valence-corrected chi connectivity index (χ1v) is 11.8. The van der Waals surface area contributed by atoms with E-state index < -0.39 is 60.2 Å². The lowest BCUT2D eigenvalue weighted by molar-refractivity contribution is -0.147. The van der Waals surface area contributed by atoms with Crippen molar-refractivity contribution in [2.24, 2.45) is 17.4 Å². The Morgan fingerprint density at radius 1 is 0.861 bits per heavy atom. The van der Waals surface area contributed by atoms with Crippen LogP contribution in [0.3, 0.4) is 0 Å². The van der Waals surface area contributed by atoms with Crippen LogP contribution in [0.2, 0.25) is 0 Å². The summed E-state index contributed by atoms with van der Waals surface area (Å²) in [6.07, 6.45) is 0.584. The highest BCUT2D eigenvalue weighted by molar-refractivity contribution is 5.94. The normalized spacial score (nSPS) is 14.2. The van der Waals surface area contributed by atoms with Crippen molar-refractivity contribution in [1.82, 2.24) is 16.0 Å². The molecule has 12 nitrogen and oxygen atoms in total. The summed E-state index contributed by atoms with van der Waals surface area (Å²) in [5, 5.41) is 25.5. The van der Waals surface area contributed by atoms with Crippen molar-refractivity contribution in [2.75, 3.05) is 6.54 Å². The Bertz CT molecular complexity index is 894. The zero-order valence-electron chi connectivity index (χ0n) is 20.6. The van der Waals surface area contributed by atoms with E-state index in [2.05, 4.69) is 16.0 Å². The maximum absolute atomic E-state index is 13.1. The fourth-order valence-electron chi connectivity index (χ4n) is 3.43. The lowest BCUT2D eigenvalue weighted by Crippen LogP contribution is -2.58. The molecule has 200 valence electrons. The Labute approximate surface area is 210 Å². The van der Waals surface area contributed by atoms with E-state index >= 15 is 0 Å². The quantitative estimate of drug-likeness (QED) is 0.141. The van der Waals surface area contributed by atoms with Gasteiger partial charge in [-0.2, -0.15) is 0 Å². The highest BCUT2D eigenvalue weighted by Gasteiger charge is 2.32. The van der Waals surface area contributed by atoms with Crippen molar-refractivity contribution >= 4 is 29.7 Å². The first-order chi connectivity index (χ1) is 17.0. The summed E-state index contributed by atoms with van der Waals surface area (Å²) in [6.45, 7) is 3.77. The molecule has 0 radical (unpaired) electrons. The van der Waals surface area contributed by atoms with Gasteiger partial charge in [0.1, 0.15) is 18.1 Å². The average Bonchev–Trinajstić information content (AvgIpc) is 2.81. The van der Waals surface area contributed by atoms with Crippen molar-refractivity contribution in [3.63, 3.8) is 0 Å². The van der Waals surface area contributed by atoms with Gasteiger partial charge in [0.2, 0.25) is 17.7 Å². The van der Waals surface area contributed by atoms with Gasteiger partial charge in [0.15, 0.2) is 0 Å². The van der Waals surface area contributed by atoms with E-state index in [9.17, 15) is 29.1 Å². The average molecular weight is 508 g/mol. The van der Waals surface area contributed by atoms with E-state index in [1.807, 2.05) is 30.3 Å². The lowest BCUT2D eigenvalue weighted by atomic mass is 10.00. The maximum Gasteiger partial charge on any atom is 0.326 e. The lowest BCUT2D eigenvalue weighted by Gasteiger charge is -2.27. The molecule has 36 heavy (non-hydrogen) atoms. The Morgan fingerprint density at radius 3 is 2.00 bits per heavy atom. The largest absolute Gasteiger partial charge is 0.481 e. The molecule has 0 spiro atoms. The zero-order chi connectivity index (χ0) is 27.3. The Balaban J connectivity index is 2.93. The first kappa shape index (κ1) is 30.5. The molecule has 0 heterocycles. The van der Waals surface area contributed by atoms with Crippen LogP contribution in [-0.4, -0.2) is 70.6 Å². The van der Waals surface area contributed by atoms with E-state index in [0.29, 0.717) is 19.4 Å². The van der Waals surface area contributed by atoms with E-state index in [4.69, 9.17) is 16.6 Å². The number of carboxylic acids is 2. The summed E-state index contributed by atoms with van der Waals surface area (Å²) < 4.78 is 0. The van der Waals surface area contributed by atoms with E-state index in [-0.39, 0.29) is 18.8 Å². The highest BCUT2D eigenvalue weighted by Crippen LogP contribution is 2.08. The maximum atomic E-state index is 13.1. The van der Waals surface area contributed by atoms with Crippen LogP contribution in [-0.2, 0) is 30.4 Å². The standard InChI is InChI=1S/C24H37N5O7/c1-14(2)20(29-21(32)16(26)12-15-8-4-3-5-9-15)23(34)27-17(10-6-7-11-25)22(33)28-18(24(35)36)13-19(30)31/h3-5,8-9,14,16-18,20H,6-7,10-13,25-26H2,1-2H3,(H,27,34)(H,28,33)(H,29,32)(H,30,31)(H,35,36). The Kier molecular flexibility index (Phi) is 13.1. The number of carboxylic acid groups (broad SMARTS) is 2. The number of unbranched alkanes of at least 4 members (excludes halogenated alkanes) is 1. The number of carbonyl (C=O) groups is 5. The molecule has 0 saturated heterocycles. The van der Waals surface area contributed by atoms with Crippen molar-refractivity contribution in [3.05, 3.63) is 35.9 Å². The van der Waals surface area contributed by atoms with Gasteiger partial charge in [0.25, 0.3) is 0 Å². The van der Waals surface area contributed by atoms with Gasteiger partial charge >= 0.3 is 11.9 Å². The van der Waals surface area contributed by atoms with Crippen LogP contribution in [0.5, 0.6) is 0 Å². The van der Waals surface area contributed by atoms with Crippen LogP contribution in [0.25, 0.3) is 0 Å². The molecular weight excluding hydrogens is 470 g/mol. The number of hydrogen-bond donors (Lipinski definition) is 7. The molecule has 1 aromatic carbocycles. The molecule has 0 saturated carbocycles. The SMILES string of the molecule is CC(C)C(NC(=O)C(N)Cc1ccccc1)C(=O)NC(CCCCN)C(=O)NC(CC(=O)O)C(=O)O. The fraction of sp³-hybridized carbons (Fsp3) is 0.542. The van der Waals surface area contributed by atoms with E-state index in [0.717, 1.165) is 5.56 Å². The molecule has 0 aliphatic heterocycles. The third kappa shape index (κ3) is 10.8. The molecule has 0 aromatic heterocycles. The predicted molar refractivity (Wildman–Crippen MR) is 132 cm³/mol. The third-order valence-corrected chi connectivity index (χ3v) is 5.46. The minimum Gasteiger partial charge on any atom is -0.481 e. The summed E-state index contributed by atoms with van der Waals surface area (Å²) in [5.41, 5.74) is 12.4. The smallest absolute Gasteiger partial charge is 0.326 e. The van der Waals surface area contributed by atoms with Crippen molar-refractivity contribution in [2.45, 2.75) is 70.1 Å². The number of aliphatic carboxylic acids is 2. The molecule has 0 aliphatic rings. The fourth-order valence-corrected chi connectivity index (χ4v) is 3.43. The van der Waals surface area contributed by atoms with Gasteiger partial charge in [-0.25, -0.2) is 4.79 Å². The van der Waals surface area contributed by atoms with Gasteiger partial charge in [-0.1, -0.05) is 44.2 Å². The van der Waals surface area contributed by atoms with E-state index in [1.165, 1.54) is 0 Å². The molecule has 9 N–H and O–H groups in total. The molecule has 0 aliphatic carbocycles. The summed E-state index contributed by atoms with van der Waals surface area (Å²) in [7, 11) is 0. The number of benzene rings is 1. The van der Waals surface area contributed by atoms with Crippen molar-refractivity contribution in [3.8, 4) is 0 Å². The Hall–Kier alpha value is -3.51. The second-order valence-corrected chi connectivity index (χ2v) is 8.87. The molecule has 1 aromatic rings. The van der Waals surface area contributed by atoms with Crippen LogP contribution in [0.1, 0.15) is 45.1 Å². The molecule has 12 heteroatoms. The van der Waals surface area contributed by atoms with Crippen LogP contribution >= 0.6 is 0 Å². The summed E-state index contributed by atoms with van der Waals surface area (Å²) in [5.74, 6) is -5.31. The predicted octanol–water partition coefficient (Wildman–Crippen LogP) is -0.645. The van der Waals surface area contributed by atoms with Gasteiger partial charge in [0, 0.05) is 0 Å². The first-order valence-electron chi connectivity index (χ1n) is 11.8. The number of carbonyl (C=O) groups excluding carboxylic acids is 3. The minimum absolute atomic E-state index is 0.139. The van der Waals surface area contributed by atoms with Gasteiger partial charge in [-0.15, -0.1) is 0 Å². The molecule has 3 amide bonds. The van der Waals surface area contributed by atoms with Crippen LogP contribution in [0.15, 0.2) is 30.3 Å². The molecule has 4 atom stereocenters. The second-order valence-electron chi connectivity index (χ2n) is 8.87. The number of nitrogens with one attached hydrogen (secondary N) is 3. The Morgan fingerprint density at radius 2 is 1.47 bits per heavy atom. The highest BCUT2D eigenvalue weighted by atomic mass is 16.4. The van der Waals surface area contributed by atoms with Crippen LogP contribution in [0, 0.1) is 5.92 Å². The van der Waals surface area contributed by atoms with Crippen molar-refractivity contribution in [1.29, 1.82) is 0 Å². The van der Waals surface area contributed by atoms with Gasteiger partial charge < -0.3 is 37.6 Å². The summed E-state index contributed by atoms with van der Waals surface area (Å²) >= 11 is 0. The second kappa shape index (κ2) is 15.5. The van der Waals surface area contributed by atoms with Crippen molar-refractivity contribution < 1.29 is 34.2 Å². The van der Waals surface area contributed by atoms with E-state index in [1.54, 1.807) is 13.8 Å². The number of rotatable bonds is 16. The molecule has 1 rings (SSSR count). The number of nitrogens with two attached hydrogens (primary N) is 2. The van der Waals surface area contributed by atoms with Crippen LogP contribution in [0.4, 0.5) is 0 Å². The molecule has 0 bridgehead atoms. The van der Waals surface area contributed by atoms with Gasteiger partial charge in [0.05, 0.1) is 12.5 Å². The number of amides is 3. The molecule has 0 fully saturated rings. The van der Waals surface area contributed by atoms with Crippen LogP contribution < -0.4 is 27.4 Å². The summed E-state index contributed by atoms with van der Waals surface area (Å²) in [4.78, 5) is 60.8. The molecular formula is C24H37N5O7. The van der Waals surface area contributed by atoms with Gasteiger partial charge in [-0.05, 0) is 43.7 Å².